The summed E-state index contributed by atoms with van der Waals surface area (Å²) < 4.78 is 6.72. The number of nitrogens with one attached hydrogen (secondary N) is 1. The van der Waals surface area contributed by atoms with Crippen molar-refractivity contribution in [1.29, 1.82) is 0 Å². The summed E-state index contributed by atoms with van der Waals surface area (Å²) in [6, 6.07) is 15.5. The highest BCUT2D eigenvalue weighted by molar-refractivity contribution is 9.10. The van der Waals surface area contributed by atoms with Crippen LogP contribution in [0.3, 0.4) is 0 Å². The lowest BCUT2D eigenvalue weighted by atomic mass is 10.1. The maximum Gasteiger partial charge on any atom is 0.265 e. The normalized spacial score (nSPS) is 15.5. The number of amides is 1. The van der Waals surface area contributed by atoms with Gasteiger partial charge in [0.2, 0.25) is 0 Å². The highest BCUT2D eigenvalue weighted by Crippen LogP contribution is 2.28. The second-order valence-electron chi connectivity index (χ2n) is 6.27. The fraction of sp³-hybridized carbons (Fsp3) is 0.350. The first-order chi connectivity index (χ1) is 12.1. The molecule has 1 saturated heterocycles. The third-order valence-electron chi connectivity index (χ3n) is 4.35. The maximum atomic E-state index is 12.6. The number of hydrogen-bond acceptors (Lipinski definition) is 3. The number of rotatable bonds is 5. The van der Waals surface area contributed by atoms with Gasteiger partial charge < -0.3 is 15.0 Å². The number of benzene rings is 2. The molecule has 1 N–H and O–H groups in total. The van der Waals surface area contributed by atoms with Crippen molar-refractivity contribution in [3.05, 3.63) is 53.0 Å². The third kappa shape index (κ3) is 4.75. The molecule has 2 aromatic rings. The van der Waals surface area contributed by atoms with Gasteiger partial charge in [0.1, 0.15) is 5.75 Å². The smallest absolute Gasteiger partial charge is 0.265 e. The van der Waals surface area contributed by atoms with E-state index in [0.717, 1.165) is 28.9 Å². The molecule has 3 rings (SSSR count). The van der Waals surface area contributed by atoms with Crippen LogP contribution >= 0.6 is 15.9 Å². The molecule has 132 valence electrons. The zero-order valence-electron chi connectivity index (χ0n) is 14.4. The minimum Gasteiger partial charge on any atom is -0.481 e. The van der Waals surface area contributed by atoms with Crippen LogP contribution in [0.2, 0.25) is 0 Å². The molecule has 0 aromatic heterocycles. The molecule has 2 aromatic carbocycles. The summed E-state index contributed by atoms with van der Waals surface area (Å²) in [7, 11) is 0. The highest BCUT2D eigenvalue weighted by Gasteiger charge is 2.19. The molecule has 0 bridgehead atoms. The number of hydrogen-bond donors (Lipinski definition) is 1. The van der Waals surface area contributed by atoms with E-state index in [0.29, 0.717) is 5.75 Å². The topological polar surface area (TPSA) is 41.6 Å². The first kappa shape index (κ1) is 17.8. The summed E-state index contributed by atoms with van der Waals surface area (Å²) in [5.74, 6) is 0.530. The summed E-state index contributed by atoms with van der Waals surface area (Å²) >= 11 is 3.39. The fourth-order valence-electron chi connectivity index (χ4n) is 3.00. The van der Waals surface area contributed by atoms with Gasteiger partial charge >= 0.3 is 0 Å². The number of para-hydroxylation sites is 2. The van der Waals surface area contributed by atoms with Gasteiger partial charge in [-0.05, 0) is 62.6 Å². The van der Waals surface area contributed by atoms with Crippen LogP contribution in [0.4, 0.5) is 11.4 Å². The zero-order chi connectivity index (χ0) is 17.6. The molecular formula is C20H23BrN2O2. The fourth-order valence-corrected chi connectivity index (χ4v) is 3.26. The first-order valence-electron chi connectivity index (χ1n) is 8.70. The summed E-state index contributed by atoms with van der Waals surface area (Å²) in [5.41, 5.74) is 1.94. The molecule has 0 radical (unpaired) electrons. The molecular weight excluding hydrogens is 380 g/mol. The van der Waals surface area contributed by atoms with E-state index >= 15 is 0 Å². The van der Waals surface area contributed by atoms with E-state index in [4.69, 9.17) is 4.74 Å². The number of nitrogens with zero attached hydrogens (tertiary/aromatic N) is 1. The SMILES string of the molecule is CC(Oc1ccc(Br)cc1)C(=O)Nc1ccccc1N1CCCCC1. The predicted molar refractivity (Wildman–Crippen MR) is 105 cm³/mol. The van der Waals surface area contributed by atoms with Crippen molar-refractivity contribution >= 4 is 33.2 Å². The van der Waals surface area contributed by atoms with E-state index in [1.165, 1.54) is 19.3 Å². The molecule has 5 heteroatoms. The van der Waals surface area contributed by atoms with Gasteiger partial charge in [-0.1, -0.05) is 28.1 Å². The molecule has 1 aliphatic rings. The maximum absolute atomic E-state index is 12.6. The van der Waals surface area contributed by atoms with Crippen LogP contribution in [-0.4, -0.2) is 25.1 Å². The lowest BCUT2D eigenvalue weighted by molar-refractivity contribution is -0.122. The van der Waals surface area contributed by atoms with E-state index in [1.807, 2.05) is 42.5 Å². The van der Waals surface area contributed by atoms with Crippen molar-refractivity contribution in [1.82, 2.24) is 0 Å². The van der Waals surface area contributed by atoms with Gasteiger partial charge in [0.25, 0.3) is 5.91 Å². The number of ether oxygens (including phenoxy) is 1. The molecule has 4 nitrogen and oxygen atoms in total. The van der Waals surface area contributed by atoms with Crippen LogP contribution in [0.1, 0.15) is 26.2 Å². The number of carbonyl (C=O) groups is 1. The van der Waals surface area contributed by atoms with Crippen molar-refractivity contribution in [3.8, 4) is 5.75 Å². The zero-order valence-corrected chi connectivity index (χ0v) is 16.0. The molecule has 1 atom stereocenters. The monoisotopic (exact) mass is 402 g/mol. The minimum atomic E-state index is -0.574. The van der Waals surface area contributed by atoms with E-state index < -0.39 is 6.10 Å². The van der Waals surface area contributed by atoms with Crippen molar-refractivity contribution in [2.24, 2.45) is 0 Å². The van der Waals surface area contributed by atoms with Gasteiger partial charge in [-0.25, -0.2) is 0 Å². The van der Waals surface area contributed by atoms with Crippen LogP contribution < -0.4 is 15.0 Å². The van der Waals surface area contributed by atoms with E-state index in [1.54, 1.807) is 6.92 Å². The largest absolute Gasteiger partial charge is 0.481 e. The van der Waals surface area contributed by atoms with Crippen molar-refractivity contribution < 1.29 is 9.53 Å². The molecule has 1 unspecified atom stereocenters. The number of piperidine rings is 1. The third-order valence-corrected chi connectivity index (χ3v) is 4.88. The van der Waals surface area contributed by atoms with Crippen molar-refractivity contribution in [2.45, 2.75) is 32.3 Å². The molecule has 1 heterocycles. The highest BCUT2D eigenvalue weighted by atomic mass is 79.9. The lowest BCUT2D eigenvalue weighted by Gasteiger charge is -2.30. The molecule has 0 spiro atoms. The predicted octanol–water partition coefficient (Wildman–Crippen LogP) is 4.85. The van der Waals surface area contributed by atoms with E-state index in [2.05, 4.69) is 32.2 Å². The molecule has 0 aliphatic carbocycles. The second kappa shape index (κ2) is 8.39. The van der Waals surface area contributed by atoms with Gasteiger partial charge in [0.15, 0.2) is 6.10 Å². The van der Waals surface area contributed by atoms with Crippen LogP contribution in [-0.2, 0) is 4.79 Å². The van der Waals surface area contributed by atoms with Gasteiger partial charge in [0.05, 0.1) is 11.4 Å². The Balaban J connectivity index is 1.66. The average molecular weight is 403 g/mol. The Morgan fingerprint density at radius 1 is 1.08 bits per heavy atom. The minimum absolute atomic E-state index is 0.146. The van der Waals surface area contributed by atoms with Crippen LogP contribution in [0, 0.1) is 0 Å². The summed E-state index contributed by atoms with van der Waals surface area (Å²) in [6.45, 7) is 3.84. The number of anilines is 2. The first-order valence-corrected chi connectivity index (χ1v) is 9.50. The molecule has 1 fully saturated rings. The van der Waals surface area contributed by atoms with Gasteiger partial charge in [-0.15, -0.1) is 0 Å². The number of halogens is 1. The lowest BCUT2D eigenvalue weighted by Crippen LogP contribution is -2.33. The summed E-state index contributed by atoms with van der Waals surface area (Å²) in [5, 5.41) is 3.02. The van der Waals surface area contributed by atoms with Gasteiger partial charge in [-0.3, -0.25) is 4.79 Å². The summed E-state index contributed by atoms with van der Waals surface area (Å²) in [4.78, 5) is 14.9. The Kier molecular flexibility index (Phi) is 5.97. The Morgan fingerprint density at radius 2 is 1.76 bits per heavy atom. The van der Waals surface area contributed by atoms with Crippen molar-refractivity contribution in [2.75, 3.05) is 23.3 Å². The average Bonchev–Trinajstić information content (AvgIpc) is 2.64. The standard InChI is InChI=1S/C20H23BrN2O2/c1-15(25-17-11-9-16(21)10-12-17)20(24)22-18-7-3-4-8-19(18)23-13-5-2-6-14-23/h3-4,7-12,15H,2,5-6,13-14H2,1H3,(H,22,24). The molecule has 1 aliphatic heterocycles. The Labute approximate surface area is 157 Å². The van der Waals surface area contributed by atoms with Crippen molar-refractivity contribution in [3.63, 3.8) is 0 Å². The van der Waals surface area contributed by atoms with Gasteiger partial charge in [-0.2, -0.15) is 0 Å². The van der Waals surface area contributed by atoms with E-state index in [-0.39, 0.29) is 5.91 Å². The van der Waals surface area contributed by atoms with Gasteiger partial charge in [0, 0.05) is 17.6 Å². The Bertz CT molecular complexity index is 712. The van der Waals surface area contributed by atoms with E-state index in [9.17, 15) is 4.79 Å². The second-order valence-corrected chi connectivity index (χ2v) is 7.18. The molecule has 1 amide bonds. The molecule has 25 heavy (non-hydrogen) atoms. The van der Waals surface area contributed by atoms with Crippen LogP contribution in [0.25, 0.3) is 0 Å². The number of carbonyl (C=O) groups excluding carboxylic acids is 1. The van der Waals surface area contributed by atoms with Crippen LogP contribution in [0.15, 0.2) is 53.0 Å². The molecule has 0 saturated carbocycles. The summed E-state index contributed by atoms with van der Waals surface area (Å²) in [6.07, 6.45) is 3.11. The Morgan fingerprint density at radius 3 is 2.48 bits per heavy atom. The Hall–Kier alpha value is -2.01. The van der Waals surface area contributed by atoms with Crippen LogP contribution in [0.5, 0.6) is 5.75 Å². The quantitative estimate of drug-likeness (QED) is 0.777.